The number of piperazine rings is 1. The molecule has 0 radical (unpaired) electrons. The molecule has 2 aliphatic rings. The van der Waals surface area contributed by atoms with Crippen molar-refractivity contribution in [3.05, 3.63) is 71.8 Å². The summed E-state index contributed by atoms with van der Waals surface area (Å²) in [6.07, 6.45) is 8.78. The number of hydrogen-bond acceptors (Lipinski definition) is 3. The quantitative estimate of drug-likeness (QED) is 0.581. The Morgan fingerprint density at radius 1 is 0.788 bits per heavy atom. The Hall–Kier alpha value is -2.17. The van der Waals surface area contributed by atoms with Gasteiger partial charge in [-0.2, -0.15) is 0 Å². The number of carbonyl (C=O) groups excluding carboxylic acids is 1. The molecular weight excluding hydrogens is 406 g/mol. The second-order valence-corrected chi connectivity index (χ2v) is 9.80. The number of rotatable bonds is 10. The van der Waals surface area contributed by atoms with Gasteiger partial charge in [-0.05, 0) is 75.6 Å². The smallest absolute Gasteiger partial charge is 0.225 e. The molecule has 0 aliphatic carbocycles. The largest absolute Gasteiger partial charge is 0.340 e. The second kappa shape index (κ2) is 12.9. The van der Waals surface area contributed by atoms with Gasteiger partial charge >= 0.3 is 0 Å². The lowest BCUT2D eigenvalue weighted by atomic mass is 9.92. The van der Waals surface area contributed by atoms with Gasteiger partial charge in [0.1, 0.15) is 0 Å². The van der Waals surface area contributed by atoms with Gasteiger partial charge in [-0.25, -0.2) is 0 Å². The molecule has 4 nitrogen and oxygen atoms in total. The molecule has 2 aromatic rings. The fourth-order valence-electron chi connectivity index (χ4n) is 5.52. The van der Waals surface area contributed by atoms with Crippen LogP contribution in [-0.2, 0) is 17.6 Å². The lowest BCUT2D eigenvalue weighted by Crippen LogP contribution is -2.54. The maximum absolute atomic E-state index is 13.6. The SMILES string of the molecule is O=C(C(CCCc1ccccc1)CCCc1ccccc1)N1CCN(C2CCNCC2)CC1. The van der Waals surface area contributed by atoms with E-state index in [0.717, 1.165) is 77.8 Å². The van der Waals surface area contributed by atoms with Crippen LogP contribution < -0.4 is 5.32 Å². The summed E-state index contributed by atoms with van der Waals surface area (Å²) in [5.41, 5.74) is 2.76. The average molecular weight is 448 g/mol. The van der Waals surface area contributed by atoms with Crippen molar-refractivity contribution in [1.29, 1.82) is 0 Å². The molecule has 2 fully saturated rings. The van der Waals surface area contributed by atoms with Gasteiger partial charge in [0.05, 0.1) is 0 Å². The van der Waals surface area contributed by atoms with Gasteiger partial charge in [0, 0.05) is 38.1 Å². The first-order valence-corrected chi connectivity index (χ1v) is 13.1. The van der Waals surface area contributed by atoms with E-state index in [4.69, 9.17) is 0 Å². The summed E-state index contributed by atoms with van der Waals surface area (Å²) in [5.74, 6) is 0.559. The van der Waals surface area contributed by atoms with Gasteiger partial charge in [0.2, 0.25) is 5.91 Å². The van der Waals surface area contributed by atoms with E-state index in [-0.39, 0.29) is 5.92 Å². The van der Waals surface area contributed by atoms with Crippen LogP contribution in [0.15, 0.2) is 60.7 Å². The molecule has 4 heteroatoms. The van der Waals surface area contributed by atoms with Crippen LogP contribution in [-0.4, -0.2) is 61.0 Å². The van der Waals surface area contributed by atoms with Gasteiger partial charge in [-0.15, -0.1) is 0 Å². The fourth-order valence-corrected chi connectivity index (χ4v) is 5.52. The van der Waals surface area contributed by atoms with Crippen LogP contribution in [0.25, 0.3) is 0 Å². The summed E-state index contributed by atoms with van der Waals surface area (Å²) >= 11 is 0. The minimum absolute atomic E-state index is 0.155. The van der Waals surface area contributed by atoms with Crippen LogP contribution in [0.5, 0.6) is 0 Å². The van der Waals surface area contributed by atoms with Crippen molar-refractivity contribution in [3.63, 3.8) is 0 Å². The molecule has 2 aliphatic heterocycles. The molecule has 0 unspecified atom stereocenters. The van der Waals surface area contributed by atoms with E-state index in [1.807, 2.05) is 0 Å². The van der Waals surface area contributed by atoms with Crippen LogP contribution in [0.3, 0.4) is 0 Å². The van der Waals surface area contributed by atoms with Crippen molar-refractivity contribution in [2.45, 2.75) is 57.4 Å². The van der Waals surface area contributed by atoms with E-state index in [1.165, 1.54) is 24.0 Å². The van der Waals surface area contributed by atoms with E-state index in [2.05, 4.69) is 75.8 Å². The normalized spacial score (nSPS) is 18.0. The third-order valence-corrected chi connectivity index (χ3v) is 7.52. The van der Waals surface area contributed by atoms with E-state index in [1.54, 1.807) is 0 Å². The Labute approximate surface area is 200 Å². The Morgan fingerprint density at radius 3 is 1.82 bits per heavy atom. The van der Waals surface area contributed by atoms with Crippen LogP contribution >= 0.6 is 0 Å². The Bertz CT molecular complexity index is 766. The van der Waals surface area contributed by atoms with Gasteiger partial charge in [-0.1, -0.05) is 60.7 Å². The Kier molecular flexibility index (Phi) is 9.37. The van der Waals surface area contributed by atoms with Crippen molar-refractivity contribution in [3.8, 4) is 0 Å². The maximum atomic E-state index is 13.6. The molecule has 2 saturated heterocycles. The highest BCUT2D eigenvalue weighted by Gasteiger charge is 2.30. The van der Waals surface area contributed by atoms with E-state index in [9.17, 15) is 4.79 Å². The monoisotopic (exact) mass is 447 g/mol. The van der Waals surface area contributed by atoms with Gasteiger partial charge in [-0.3, -0.25) is 9.69 Å². The van der Waals surface area contributed by atoms with Gasteiger partial charge in [0.15, 0.2) is 0 Å². The average Bonchev–Trinajstić information content (AvgIpc) is 2.89. The van der Waals surface area contributed by atoms with Gasteiger partial charge in [0.25, 0.3) is 0 Å². The molecule has 0 spiro atoms. The van der Waals surface area contributed by atoms with E-state index < -0.39 is 0 Å². The zero-order valence-corrected chi connectivity index (χ0v) is 20.1. The maximum Gasteiger partial charge on any atom is 0.225 e. The van der Waals surface area contributed by atoms with Crippen molar-refractivity contribution in [2.24, 2.45) is 5.92 Å². The Balaban J connectivity index is 1.29. The first kappa shape index (κ1) is 24.0. The molecule has 4 rings (SSSR count). The molecular formula is C29H41N3O. The number of carbonyl (C=O) groups is 1. The zero-order valence-electron chi connectivity index (χ0n) is 20.1. The number of benzene rings is 2. The van der Waals surface area contributed by atoms with Crippen molar-refractivity contribution >= 4 is 5.91 Å². The number of amides is 1. The summed E-state index contributed by atoms with van der Waals surface area (Å²) < 4.78 is 0. The summed E-state index contributed by atoms with van der Waals surface area (Å²) in [5, 5.41) is 3.47. The molecule has 1 amide bonds. The molecule has 2 heterocycles. The first-order valence-electron chi connectivity index (χ1n) is 13.1. The number of piperidine rings is 1. The summed E-state index contributed by atoms with van der Waals surface area (Å²) in [4.78, 5) is 18.4. The first-order chi connectivity index (χ1) is 16.3. The van der Waals surface area contributed by atoms with Crippen molar-refractivity contribution < 1.29 is 4.79 Å². The fraction of sp³-hybridized carbons (Fsp3) is 0.552. The lowest BCUT2D eigenvalue weighted by molar-refractivity contribution is -0.138. The number of aryl methyl sites for hydroxylation is 2. The number of nitrogens with one attached hydrogen (secondary N) is 1. The highest BCUT2D eigenvalue weighted by molar-refractivity contribution is 5.79. The molecule has 0 saturated carbocycles. The third kappa shape index (κ3) is 7.41. The topological polar surface area (TPSA) is 35.6 Å². The highest BCUT2D eigenvalue weighted by atomic mass is 16.2. The summed E-state index contributed by atoms with van der Waals surface area (Å²) in [7, 11) is 0. The zero-order chi connectivity index (χ0) is 22.7. The predicted molar refractivity (Wildman–Crippen MR) is 136 cm³/mol. The molecule has 0 atom stereocenters. The predicted octanol–water partition coefficient (Wildman–Crippen LogP) is 4.54. The summed E-state index contributed by atoms with van der Waals surface area (Å²) in [6, 6.07) is 22.1. The minimum atomic E-state index is 0.155. The van der Waals surface area contributed by atoms with Crippen molar-refractivity contribution in [2.75, 3.05) is 39.3 Å². The molecule has 0 aromatic heterocycles. The highest BCUT2D eigenvalue weighted by Crippen LogP contribution is 2.22. The molecule has 0 bridgehead atoms. The summed E-state index contributed by atoms with van der Waals surface area (Å²) in [6.45, 7) is 6.14. The van der Waals surface area contributed by atoms with Crippen LogP contribution in [0.2, 0.25) is 0 Å². The third-order valence-electron chi connectivity index (χ3n) is 7.52. The number of hydrogen-bond donors (Lipinski definition) is 1. The lowest BCUT2D eigenvalue weighted by Gasteiger charge is -2.41. The molecule has 33 heavy (non-hydrogen) atoms. The molecule has 1 N–H and O–H groups in total. The Morgan fingerprint density at radius 2 is 1.30 bits per heavy atom. The van der Waals surface area contributed by atoms with Crippen molar-refractivity contribution in [1.82, 2.24) is 15.1 Å². The van der Waals surface area contributed by atoms with Crippen LogP contribution in [0, 0.1) is 5.92 Å². The minimum Gasteiger partial charge on any atom is -0.340 e. The standard InChI is InChI=1S/C29H41N3O/c33-29(32-23-21-31(22-24-32)28-17-19-30-20-18-28)27(15-7-13-25-9-3-1-4-10-25)16-8-14-26-11-5-2-6-12-26/h1-6,9-12,27-28,30H,7-8,13-24H2. The van der Waals surface area contributed by atoms with Crippen LogP contribution in [0.1, 0.15) is 49.7 Å². The second-order valence-electron chi connectivity index (χ2n) is 9.80. The van der Waals surface area contributed by atoms with E-state index >= 15 is 0 Å². The van der Waals surface area contributed by atoms with Crippen LogP contribution in [0.4, 0.5) is 0 Å². The molecule has 2 aromatic carbocycles. The molecule has 178 valence electrons. The van der Waals surface area contributed by atoms with Gasteiger partial charge < -0.3 is 10.2 Å². The number of nitrogens with zero attached hydrogens (tertiary/aromatic N) is 2. The van der Waals surface area contributed by atoms with E-state index in [0.29, 0.717) is 11.9 Å².